The van der Waals surface area contributed by atoms with Gasteiger partial charge in [0, 0.05) is 5.56 Å². The van der Waals surface area contributed by atoms with Crippen molar-refractivity contribution >= 4 is 11.3 Å². The van der Waals surface area contributed by atoms with E-state index in [0.717, 1.165) is 17.4 Å². The van der Waals surface area contributed by atoms with E-state index >= 15 is 0 Å². The van der Waals surface area contributed by atoms with Crippen molar-refractivity contribution in [2.45, 2.75) is 37.9 Å². The van der Waals surface area contributed by atoms with E-state index in [2.05, 4.69) is 10.2 Å². The number of rotatable bonds is 9. The third kappa shape index (κ3) is 5.81. The van der Waals surface area contributed by atoms with Crippen LogP contribution in [0.1, 0.15) is 35.9 Å². The number of halogens is 4. The molecule has 0 saturated heterocycles. The Kier molecular flexibility index (Phi) is 7.47. The van der Waals surface area contributed by atoms with Gasteiger partial charge in [-0.15, -0.1) is 10.2 Å². The highest BCUT2D eigenvalue weighted by Gasteiger charge is 2.35. The predicted molar refractivity (Wildman–Crippen MR) is 114 cm³/mol. The second-order valence-electron chi connectivity index (χ2n) is 7.59. The molecule has 3 N–H and O–H groups in total. The lowest BCUT2D eigenvalue weighted by molar-refractivity contribution is -0.138. The predicted octanol–water partition coefficient (Wildman–Crippen LogP) is 4.93. The summed E-state index contributed by atoms with van der Waals surface area (Å²) in [6, 6.07) is 10.1. The van der Waals surface area contributed by atoms with Gasteiger partial charge >= 0.3 is 6.18 Å². The van der Waals surface area contributed by atoms with E-state index in [9.17, 15) is 22.7 Å². The summed E-state index contributed by atoms with van der Waals surface area (Å²) in [4.78, 5) is 0. The van der Waals surface area contributed by atoms with Gasteiger partial charge in [0.1, 0.15) is 21.6 Å². The topological polar surface area (TPSA) is 81.3 Å². The van der Waals surface area contributed by atoms with Crippen molar-refractivity contribution in [3.63, 3.8) is 0 Å². The molecule has 0 saturated carbocycles. The Labute approximate surface area is 186 Å². The maximum Gasteiger partial charge on any atom is 0.419 e. The van der Waals surface area contributed by atoms with Crippen LogP contribution < -0.4 is 10.5 Å². The Bertz CT molecular complexity index is 1050. The van der Waals surface area contributed by atoms with Gasteiger partial charge in [0.05, 0.1) is 24.3 Å². The molecule has 0 fully saturated rings. The molecule has 0 radical (unpaired) electrons. The molecule has 0 amide bonds. The van der Waals surface area contributed by atoms with E-state index in [1.165, 1.54) is 18.2 Å². The molecule has 3 rings (SSSR count). The van der Waals surface area contributed by atoms with Gasteiger partial charge in [-0.2, -0.15) is 13.2 Å². The van der Waals surface area contributed by atoms with E-state index in [4.69, 9.17) is 10.5 Å². The van der Waals surface area contributed by atoms with E-state index < -0.39 is 17.3 Å². The first-order valence-electron chi connectivity index (χ1n) is 9.93. The number of aromatic nitrogens is 2. The Balaban J connectivity index is 1.69. The number of hydrogen-bond donors (Lipinski definition) is 2. The van der Waals surface area contributed by atoms with E-state index in [1.54, 1.807) is 25.1 Å². The van der Waals surface area contributed by atoms with Crippen molar-refractivity contribution in [1.82, 2.24) is 10.2 Å². The van der Waals surface area contributed by atoms with Crippen LogP contribution in [-0.2, 0) is 18.1 Å². The van der Waals surface area contributed by atoms with Crippen LogP contribution in [0.2, 0.25) is 0 Å². The molecule has 3 aromatic rings. The zero-order valence-corrected chi connectivity index (χ0v) is 18.1. The van der Waals surface area contributed by atoms with E-state index in [-0.39, 0.29) is 35.4 Å². The van der Waals surface area contributed by atoms with Gasteiger partial charge in [0.2, 0.25) is 0 Å². The summed E-state index contributed by atoms with van der Waals surface area (Å²) in [6.07, 6.45) is -3.09. The number of aliphatic hydroxyl groups excluding tert-OH is 1. The second kappa shape index (κ2) is 9.93. The minimum Gasteiger partial charge on any atom is -0.493 e. The fraction of sp³-hybridized carbons (Fsp3) is 0.364. The summed E-state index contributed by atoms with van der Waals surface area (Å²) in [7, 11) is 0. The summed E-state index contributed by atoms with van der Waals surface area (Å²) < 4.78 is 59.9. The maximum absolute atomic E-state index is 13.6. The number of benzene rings is 2. The van der Waals surface area contributed by atoms with Crippen molar-refractivity contribution < 1.29 is 27.4 Å². The molecule has 1 heterocycles. The van der Waals surface area contributed by atoms with Gasteiger partial charge in [-0.3, -0.25) is 0 Å². The maximum atomic E-state index is 13.6. The van der Waals surface area contributed by atoms with Crippen molar-refractivity contribution in [1.29, 1.82) is 0 Å². The first-order chi connectivity index (χ1) is 15.1. The molecule has 172 valence electrons. The molecule has 0 spiro atoms. The smallest absolute Gasteiger partial charge is 0.419 e. The molecular weight excluding hydrogens is 446 g/mol. The highest BCUT2D eigenvalue weighted by Crippen LogP contribution is 2.39. The van der Waals surface area contributed by atoms with Crippen LogP contribution in [-0.4, -0.2) is 28.5 Å². The molecule has 2 aromatic carbocycles. The number of ether oxygens (including phenoxy) is 1. The quantitative estimate of drug-likeness (QED) is 0.343. The summed E-state index contributed by atoms with van der Waals surface area (Å²) in [6.45, 7) is 1.25. The highest BCUT2D eigenvalue weighted by molar-refractivity contribution is 7.14. The second-order valence-corrected chi connectivity index (χ2v) is 8.57. The Morgan fingerprint density at radius 3 is 2.53 bits per heavy atom. The number of aliphatic hydroxyl groups is 1. The number of unbranched alkanes of at least 4 members (excludes halogenated alkanes) is 1. The Morgan fingerprint density at radius 2 is 1.84 bits per heavy atom. The van der Waals surface area contributed by atoms with Crippen LogP contribution in [0.4, 0.5) is 17.6 Å². The number of hydrogen-bond acceptors (Lipinski definition) is 6. The highest BCUT2D eigenvalue weighted by atomic mass is 32.1. The average molecular weight is 470 g/mol. The minimum absolute atomic E-state index is 0.0713. The van der Waals surface area contributed by atoms with Gasteiger partial charge in [-0.05, 0) is 56.0 Å². The molecule has 0 aliphatic heterocycles. The molecule has 0 bridgehead atoms. The van der Waals surface area contributed by atoms with Crippen LogP contribution in [0, 0.1) is 5.82 Å². The molecule has 0 aliphatic rings. The van der Waals surface area contributed by atoms with E-state index in [0.29, 0.717) is 29.8 Å². The van der Waals surface area contributed by atoms with Crippen molar-refractivity contribution in [3.8, 4) is 16.3 Å². The van der Waals surface area contributed by atoms with Gasteiger partial charge in [-0.1, -0.05) is 29.5 Å². The first-order valence-corrected chi connectivity index (χ1v) is 10.7. The number of nitrogens with two attached hydrogens (primary N) is 1. The largest absolute Gasteiger partial charge is 0.493 e. The zero-order chi connectivity index (χ0) is 23.4. The lowest BCUT2D eigenvalue weighted by Crippen LogP contribution is -2.36. The molecule has 1 aromatic heterocycles. The lowest BCUT2D eigenvalue weighted by atomic mass is 10.1. The van der Waals surface area contributed by atoms with Gasteiger partial charge in [0.25, 0.3) is 0 Å². The normalized spacial score (nSPS) is 13.7. The molecular formula is C22H23F4N3O2S. The Hall–Kier alpha value is -2.56. The summed E-state index contributed by atoms with van der Waals surface area (Å²) in [5.74, 6) is -0.576. The fourth-order valence-electron chi connectivity index (χ4n) is 2.95. The van der Waals surface area contributed by atoms with Crippen LogP contribution >= 0.6 is 11.3 Å². The third-order valence-corrected chi connectivity index (χ3v) is 6.08. The molecule has 0 aliphatic carbocycles. The SMILES string of the molecule is CC(N)(CO)c1nnc(-c2ccc(OCCCCc3ccccc3F)c(C(F)(F)F)c2)s1. The van der Waals surface area contributed by atoms with Crippen molar-refractivity contribution in [2.24, 2.45) is 5.73 Å². The number of nitrogens with zero attached hydrogens (tertiary/aromatic N) is 2. The standard InChI is InChI=1S/C22H23F4N3O2S/c1-21(27,13-30)20-29-28-19(32-20)15-9-10-18(16(12-15)22(24,25)26)31-11-5-4-7-14-6-2-3-8-17(14)23/h2-3,6,8-10,12,30H,4-5,7,11,13,27H2,1H3. The average Bonchev–Trinajstić information content (AvgIpc) is 3.25. The van der Waals surface area contributed by atoms with Crippen molar-refractivity contribution in [2.75, 3.05) is 13.2 Å². The fourth-order valence-corrected chi connectivity index (χ4v) is 3.84. The molecule has 5 nitrogen and oxygen atoms in total. The lowest BCUT2D eigenvalue weighted by Gasteiger charge is -2.17. The monoisotopic (exact) mass is 469 g/mol. The van der Waals surface area contributed by atoms with Crippen LogP contribution in [0.3, 0.4) is 0 Å². The third-order valence-electron chi connectivity index (χ3n) is 4.83. The van der Waals surface area contributed by atoms with Crippen LogP contribution in [0.5, 0.6) is 5.75 Å². The van der Waals surface area contributed by atoms with Crippen LogP contribution in [0.15, 0.2) is 42.5 Å². The Morgan fingerprint density at radius 1 is 1.09 bits per heavy atom. The number of alkyl halides is 3. The van der Waals surface area contributed by atoms with Gasteiger partial charge in [0.15, 0.2) is 0 Å². The number of aryl methyl sites for hydroxylation is 1. The molecule has 32 heavy (non-hydrogen) atoms. The molecule has 1 atom stereocenters. The summed E-state index contributed by atoms with van der Waals surface area (Å²) >= 11 is 1.02. The summed E-state index contributed by atoms with van der Waals surface area (Å²) in [5.41, 5.74) is 4.66. The molecule has 1 unspecified atom stereocenters. The zero-order valence-electron chi connectivity index (χ0n) is 17.3. The van der Waals surface area contributed by atoms with Gasteiger partial charge in [-0.25, -0.2) is 4.39 Å². The minimum atomic E-state index is -4.63. The molecule has 10 heteroatoms. The summed E-state index contributed by atoms with van der Waals surface area (Å²) in [5, 5.41) is 17.7. The van der Waals surface area contributed by atoms with Crippen LogP contribution in [0.25, 0.3) is 10.6 Å². The van der Waals surface area contributed by atoms with Gasteiger partial charge < -0.3 is 15.6 Å². The first kappa shape index (κ1) is 24.1. The van der Waals surface area contributed by atoms with Crippen molar-refractivity contribution in [3.05, 3.63) is 64.4 Å². The van der Waals surface area contributed by atoms with E-state index in [1.807, 2.05) is 0 Å².